The summed E-state index contributed by atoms with van der Waals surface area (Å²) in [7, 11) is 0. The van der Waals surface area contributed by atoms with Crippen LogP contribution in [0.4, 0.5) is 0 Å². The van der Waals surface area contributed by atoms with Crippen LogP contribution >= 0.6 is 0 Å². The molecule has 2 unspecified atom stereocenters. The molecule has 1 aromatic carbocycles. The summed E-state index contributed by atoms with van der Waals surface area (Å²) in [6, 6.07) is 9.02. The van der Waals surface area contributed by atoms with E-state index in [1.807, 2.05) is 37.3 Å². The van der Waals surface area contributed by atoms with Crippen molar-refractivity contribution in [2.24, 2.45) is 11.8 Å². The predicted octanol–water partition coefficient (Wildman–Crippen LogP) is 3.94. The van der Waals surface area contributed by atoms with Crippen LogP contribution in [0.2, 0.25) is 0 Å². The zero-order valence-corrected chi connectivity index (χ0v) is 24.8. The summed E-state index contributed by atoms with van der Waals surface area (Å²) in [6.45, 7) is 14.0. The number of hydrogen-bond acceptors (Lipinski definition) is 5. The summed E-state index contributed by atoms with van der Waals surface area (Å²) in [4.78, 5) is 48.3. The van der Waals surface area contributed by atoms with Crippen molar-refractivity contribution in [1.29, 1.82) is 0 Å². The van der Waals surface area contributed by atoms with Crippen molar-refractivity contribution in [3.8, 4) is 0 Å². The molecular weight excluding hydrogens is 518 g/mol. The van der Waals surface area contributed by atoms with Crippen molar-refractivity contribution in [3.63, 3.8) is 0 Å². The number of ether oxygens (including phenoxy) is 1. The Balaban J connectivity index is 1.71. The number of carbonyl (C=O) groups is 3. The van der Waals surface area contributed by atoms with Gasteiger partial charge in [-0.2, -0.15) is 0 Å². The molecule has 3 aliphatic rings. The highest BCUT2D eigenvalue weighted by atomic mass is 16.5. The third-order valence-corrected chi connectivity index (χ3v) is 9.15. The Morgan fingerprint density at radius 2 is 1.76 bits per heavy atom. The summed E-state index contributed by atoms with van der Waals surface area (Å²) < 4.78 is 6.83. The number of rotatable bonds is 16. The van der Waals surface area contributed by atoms with Gasteiger partial charge in [-0.3, -0.25) is 14.4 Å². The SMILES string of the molecule is C=CCN(CCCC)C(=O)C1N(CCCCCO)C(=O)[C@@H]2[C@@H](C(=O)N(CC=C)Cc3ccccc3)[C@@]3(C)CCC12O3. The van der Waals surface area contributed by atoms with Crippen LogP contribution < -0.4 is 0 Å². The maximum atomic E-state index is 14.4. The number of unbranched alkanes of at least 4 members (excludes halogenated alkanes) is 3. The second-order valence-electron chi connectivity index (χ2n) is 12.0. The number of amides is 3. The Labute approximate surface area is 245 Å². The van der Waals surface area contributed by atoms with E-state index in [1.165, 1.54) is 0 Å². The predicted molar refractivity (Wildman–Crippen MR) is 159 cm³/mol. The van der Waals surface area contributed by atoms with Gasteiger partial charge in [0.2, 0.25) is 17.7 Å². The fraction of sp³-hybridized carbons (Fsp3) is 0.606. The van der Waals surface area contributed by atoms with Gasteiger partial charge in [0.15, 0.2) is 0 Å². The number of carbonyl (C=O) groups excluding carboxylic acids is 3. The van der Waals surface area contributed by atoms with Crippen molar-refractivity contribution in [2.45, 2.75) is 82.6 Å². The van der Waals surface area contributed by atoms with E-state index in [0.29, 0.717) is 58.4 Å². The Bertz CT molecular complexity index is 1110. The molecule has 4 rings (SSSR count). The van der Waals surface area contributed by atoms with Gasteiger partial charge in [0.1, 0.15) is 11.6 Å². The largest absolute Gasteiger partial charge is 0.396 e. The second kappa shape index (κ2) is 13.3. The van der Waals surface area contributed by atoms with Crippen molar-refractivity contribution in [3.05, 3.63) is 61.2 Å². The molecular formula is C33H47N3O5. The number of hydrogen-bond donors (Lipinski definition) is 1. The average Bonchev–Trinajstić information content (AvgIpc) is 3.53. The quantitative estimate of drug-likeness (QED) is 0.242. The lowest BCUT2D eigenvalue weighted by Gasteiger charge is -2.37. The fourth-order valence-corrected chi connectivity index (χ4v) is 7.25. The first-order chi connectivity index (χ1) is 19.8. The molecule has 3 fully saturated rings. The smallest absolute Gasteiger partial charge is 0.248 e. The first-order valence-electron chi connectivity index (χ1n) is 15.2. The molecule has 3 saturated heterocycles. The van der Waals surface area contributed by atoms with E-state index < -0.39 is 29.1 Å². The van der Waals surface area contributed by atoms with Crippen LogP contribution in [-0.4, -0.2) is 87.6 Å². The van der Waals surface area contributed by atoms with Gasteiger partial charge in [0.05, 0.1) is 17.4 Å². The van der Waals surface area contributed by atoms with E-state index in [4.69, 9.17) is 4.74 Å². The van der Waals surface area contributed by atoms with Gasteiger partial charge >= 0.3 is 0 Å². The number of nitrogens with zero attached hydrogens (tertiary/aromatic N) is 3. The fourth-order valence-electron chi connectivity index (χ4n) is 7.25. The molecule has 1 spiro atoms. The molecule has 224 valence electrons. The van der Waals surface area contributed by atoms with Crippen LogP contribution in [0.5, 0.6) is 0 Å². The molecule has 1 N–H and O–H groups in total. The molecule has 41 heavy (non-hydrogen) atoms. The van der Waals surface area contributed by atoms with Gasteiger partial charge < -0.3 is 24.5 Å². The first kappa shape index (κ1) is 31.0. The number of aliphatic hydroxyl groups is 1. The Morgan fingerprint density at radius 3 is 2.41 bits per heavy atom. The van der Waals surface area contributed by atoms with E-state index in [1.54, 1.807) is 26.9 Å². The van der Waals surface area contributed by atoms with Crippen molar-refractivity contribution < 1.29 is 24.2 Å². The van der Waals surface area contributed by atoms with Crippen LogP contribution in [0.25, 0.3) is 0 Å². The summed E-state index contributed by atoms with van der Waals surface area (Å²) in [6.07, 6.45) is 8.45. The molecule has 0 aromatic heterocycles. The Morgan fingerprint density at radius 1 is 1.05 bits per heavy atom. The molecule has 3 heterocycles. The Hall–Kier alpha value is -2.97. The van der Waals surface area contributed by atoms with Crippen LogP contribution in [0.1, 0.15) is 64.4 Å². The van der Waals surface area contributed by atoms with Gasteiger partial charge in [-0.25, -0.2) is 0 Å². The highest BCUT2D eigenvalue weighted by Gasteiger charge is 2.78. The van der Waals surface area contributed by atoms with Gasteiger partial charge in [-0.05, 0) is 51.0 Å². The van der Waals surface area contributed by atoms with E-state index in [2.05, 4.69) is 20.1 Å². The van der Waals surface area contributed by atoms with Crippen LogP contribution in [-0.2, 0) is 25.7 Å². The van der Waals surface area contributed by atoms with Crippen molar-refractivity contribution in [2.75, 3.05) is 32.8 Å². The van der Waals surface area contributed by atoms with Crippen LogP contribution in [0.15, 0.2) is 55.6 Å². The Kier molecular flexibility index (Phi) is 10.1. The van der Waals surface area contributed by atoms with E-state index in [9.17, 15) is 19.5 Å². The maximum absolute atomic E-state index is 14.4. The van der Waals surface area contributed by atoms with E-state index in [-0.39, 0.29) is 24.3 Å². The van der Waals surface area contributed by atoms with Crippen LogP contribution in [0, 0.1) is 11.8 Å². The third-order valence-electron chi connectivity index (χ3n) is 9.15. The number of likely N-dealkylation sites (tertiary alicyclic amines) is 1. The summed E-state index contributed by atoms with van der Waals surface area (Å²) >= 11 is 0. The molecule has 8 nitrogen and oxygen atoms in total. The zero-order chi connectivity index (χ0) is 29.6. The van der Waals surface area contributed by atoms with Gasteiger partial charge in [-0.1, -0.05) is 55.8 Å². The first-order valence-corrected chi connectivity index (χ1v) is 15.2. The lowest BCUT2D eigenvalue weighted by atomic mass is 9.66. The number of fused-ring (bicyclic) bond motifs is 1. The lowest BCUT2D eigenvalue weighted by molar-refractivity contribution is -0.153. The second-order valence-corrected chi connectivity index (χ2v) is 12.0. The molecule has 3 amide bonds. The molecule has 3 aliphatic heterocycles. The summed E-state index contributed by atoms with van der Waals surface area (Å²) in [5, 5.41) is 9.29. The number of aliphatic hydroxyl groups excluding tert-OH is 1. The van der Waals surface area contributed by atoms with Gasteiger partial charge in [0, 0.05) is 39.3 Å². The molecule has 5 atom stereocenters. The molecule has 8 heteroatoms. The van der Waals surface area contributed by atoms with E-state index in [0.717, 1.165) is 24.8 Å². The number of benzene rings is 1. The normalized spacial score (nSPS) is 28.0. The highest BCUT2D eigenvalue weighted by Crippen LogP contribution is 2.63. The standard InChI is InChI=1S/C33H47N3O5/c1-5-8-21-34(19-6-2)31(40)28-33-18-17-32(4,41-33)26(27(33)30(39)36(28)22-13-10-14-23-37)29(38)35(20-7-3)24-25-15-11-9-12-16-25/h6-7,9,11-12,15-16,26-28,37H,2-3,5,8,10,13-14,17-24H2,1,4H3/t26-,27-,28?,32+,33?/m0/s1. The minimum atomic E-state index is -1.04. The minimum absolute atomic E-state index is 0.0889. The molecule has 0 aliphatic carbocycles. The molecule has 0 radical (unpaired) electrons. The topological polar surface area (TPSA) is 90.4 Å². The minimum Gasteiger partial charge on any atom is -0.396 e. The van der Waals surface area contributed by atoms with Crippen molar-refractivity contribution >= 4 is 17.7 Å². The van der Waals surface area contributed by atoms with Gasteiger partial charge in [-0.15, -0.1) is 13.2 Å². The van der Waals surface area contributed by atoms with Crippen molar-refractivity contribution in [1.82, 2.24) is 14.7 Å². The molecule has 1 aromatic rings. The monoisotopic (exact) mass is 565 g/mol. The van der Waals surface area contributed by atoms with Gasteiger partial charge in [0.25, 0.3) is 0 Å². The maximum Gasteiger partial charge on any atom is 0.248 e. The molecule has 0 saturated carbocycles. The lowest BCUT2D eigenvalue weighted by Crippen LogP contribution is -2.56. The zero-order valence-electron chi connectivity index (χ0n) is 24.8. The third kappa shape index (κ3) is 5.86. The summed E-state index contributed by atoms with van der Waals surface area (Å²) in [5.41, 5.74) is -0.876. The molecule has 2 bridgehead atoms. The van der Waals surface area contributed by atoms with Crippen LogP contribution in [0.3, 0.4) is 0 Å². The highest BCUT2D eigenvalue weighted by molar-refractivity contribution is 5.99. The average molecular weight is 566 g/mol. The van der Waals surface area contributed by atoms with E-state index >= 15 is 0 Å². The summed E-state index contributed by atoms with van der Waals surface area (Å²) in [5.74, 6) is -1.82.